The van der Waals surface area contributed by atoms with Gasteiger partial charge in [-0.3, -0.25) is 4.79 Å². The summed E-state index contributed by atoms with van der Waals surface area (Å²) in [6, 6.07) is 0. The SMILES string of the molecule is CCCCCCCC(=O)O.[2H-]. The predicted octanol–water partition coefficient (Wildman–Crippen LogP) is 2.54. The van der Waals surface area contributed by atoms with Crippen LogP contribution in [0.25, 0.3) is 0 Å². The quantitative estimate of drug-likeness (QED) is 0.585. The minimum atomic E-state index is -0.670. The third-order valence-corrected chi connectivity index (χ3v) is 1.49. The Kier molecular flexibility index (Phi) is 6.24. The summed E-state index contributed by atoms with van der Waals surface area (Å²) in [5, 5.41) is 8.27. The van der Waals surface area contributed by atoms with Crippen molar-refractivity contribution in [3.63, 3.8) is 0 Å². The fourth-order valence-electron chi connectivity index (χ4n) is 0.880. The summed E-state index contributed by atoms with van der Waals surface area (Å²) in [4.78, 5) is 10.0. The summed E-state index contributed by atoms with van der Waals surface area (Å²) >= 11 is 0. The van der Waals surface area contributed by atoms with Gasteiger partial charge in [0.05, 0.1) is 0 Å². The second kappa shape index (κ2) is 6.59. The highest BCUT2D eigenvalue weighted by atomic mass is 16.4. The highest BCUT2D eigenvalue weighted by Crippen LogP contribution is 2.04. The minimum absolute atomic E-state index is 0. The molecule has 0 spiro atoms. The Morgan fingerprint density at radius 1 is 1.30 bits per heavy atom. The molecule has 0 bridgehead atoms. The molecule has 0 aliphatic carbocycles. The number of carboxylic acids is 1. The Morgan fingerprint density at radius 3 is 2.40 bits per heavy atom. The fourth-order valence-corrected chi connectivity index (χ4v) is 0.880. The van der Waals surface area contributed by atoms with Gasteiger partial charge < -0.3 is 6.53 Å². The van der Waals surface area contributed by atoms with E-state index >= 15 is 0 Å². The third kappa shape index (κ3) is 7.47. The van der Waals surface area contributed by atoms with Crippen molar-refractivity contribution in [2.75, 3.05) is 0 Å². The standard InChI is InChI=1S/C8H16O2.H/c1-2-3-4-5-6-7-8(9)10;/h2-7H2,1H3,(H,9,10);/q;-1/i;1+1. The molecule has 0 aliphatic rings. The molecular formula is C8H17O2-. The van der Waals surface area contributed by atoms with Gasteiger partial charge in [-0.1, -0.05) is 32.6 Å². The highest BCUT2D eigenvalue weighted by Gasteiger charge is 1.94. The molecule has 0 aromatic rings. The molecule has 2 heteroatoms. The number of hydrogen-bond acceptors (Lipinski definition) is 1. The number of hydrogen-bond donors (Lipinski definition) is 1. The predicted molar refractivity (Wildman–Crippen MR) is 42.1 cm³/mol. The Hall–Kier alpha value is -0.530. The maximum Gasteiger partial charge on any atom is 0.303 e. The third-order valence-electron chi connectivity index (χ3n) is 1.49. The molecule has 0 saturated carbocycles. The molecule has 0 aliphatic heterocycles. The molecule has 0 aromatic carbocycles. The summed E-state index contributed by atoms with van der Waals surface area (Å²) in [7, 11) is 0. The molecule has 0 unspecified atom stereocenters. The van der Waals surface area contributed by atoms with E-state index in [4.69, 9.17) is 5.11 Å². The van der Waals surface area contributed by atoms with Crippen molar-refractivity contribution in [1.82, 2.24) is 0 Å². The van der Waals surface area contributed by atoms with Crippen LogP contribution in [0.15, 0.2) is 0 Å². The molecule has 0 radical (unpaired) electrons. The first-order chi connectivity index (χ1) is 4.77. The monoisotopic (exact) mass is 146 g/mol. The summed E-state index contributed by atoms with van der Waals surface area (Å²) in [6.45, 7) is 2.15. The number of rotatable bonds is 6. The molecule has 62 valence electrons. The topological polar surface area (TPSA) is 37.3 Å². The van der Waals surface area contributed by atoms with E-state index in [1.807, 2.05) is 0 Å². The second-order valence-corrected chi connectivity index (χ2v) is 2.56. The van der Waals surface area contributed by atoms with Crippen molar-refractivity contribution in [3.05, 3.63) is 0 Å². The maximum atomic E-state index is 10.0. The summed E-state index contributed by atoms with van der Waals surface area (Å²) < 4.78 is 0. The molecule has 0 aromatic heterocycles. The number of aliphatic carboxylic acids is 1. The van der Waals surface area contributed by atoms with E-state index in [0.29, 0.717) is 6.42 Å². The fraction of sp³-hybridized carbons (Fsp3) is 0.875. The summed E-state index contributed by atoms with van der Waals surface area (Å²) in [6.07, 6.45) is 5.88. The zero-order chi connectivity index (χ0) is 7.82. The molecule has 0 rings (SSSR count). The lowest BCUT2D eigenvalue weighted by Crippen LogP contribution is -1.93. The second-order valence-electron chi connectivity index (χ2n) is 2.56. The van der Waals surface area contributed by atoms with Crippen molar-refractivity contribution in [2.24, 2.45) is 0 Å². The van der Waals surface area contributed by atoms with Gasteiger partial charge >= 0.3 is 5.97 Å². The average molecular weight is 146 g/mol. The van der Waals surface area contributed by atoms with Crippen molar-refractivity contribution >= 4 is 5.97 Å². The Bertz CT molecular complexity index is 94.1. The van der Waals surface area contributed by atoms with E-state index in [9.17, 15) is 4.79 Å². The first-order valence-corrected chi connectivity index (χ1v) is 3.99. The van der Waals surface area contributed by atoms with E-state index in [-0.39, 0.29) is 1.43 Å². The Balaban J connectivity index is 0. The molecule has 0 saturated heterocycles. The number of carbonyl (C=O) groups is 1. The maximum absolute atomic E-state index is 10.0. The van der Waals surface area contributed by atoms with Crippen LogP contribution in [-0.4, -0.2) is 11.1 Å². The van der Waals surface area contributed by atoms with Crippen molar-refractivity contribution in [3.8, 4) is 0 Å². The van der Waals surface area contributed by atoms with Gasteiger partial charge in [0.25, 0.3) is 0 Å². The minimum Gasteiger partial charge on any atom is -1.00 e. The zero-order valence-corrected chi connectivity index (χ0v) is 6.60. The van der Waals surface area contributed by atoms with Crippen LogP contribution in [0.3, 0.4) is 0 Å². The van der Waals surface area contributed by atoms with Crippen LogP contribution in [0.5, 0.6) is 0 Å². The van der Waals surface area contributed by atoms with Gasteiger partial charge in [-0.05, 0) is 6.42 Å². The van der Waals surface area contributed by atoms with E-state index in [0.717, 1.165) is 12.8 Å². The lowest BCUT2D eigenvalue weighted by Gasteiger charge is -1.95. The van der Waals surface area contributed by atoms with Gasteiger partial charge in [0.15, 0.2) is 0 Å². The average Bonchev–Trinajstić information content (AvgIpc) is 1.87. The largest absolute Gasteiger partial charge is 1.00 e. The van der Waals surface area contributed by atoms with Crippen LogP contribution in [-0.2, 0) is 4.79 Å². The molecule has 0 atom stereocenters. The zero-order valence-electron chi connectivity index (χ0n) is 7.60. The normalized spacial score (nSPS) is 9.70. The smallest absolute Gasteiger partial charge is 0.303 e. The Morgan fingerprint density at radius 2 is 1.90 bits per heavy atom. The lowest BCUT2D eigenvalue weighted by atomic mass is 10.1. The number of carboxylic acid groups (broad SMARTS) is 1. The molecule has 1 N–H and O–H groups in total. The molecule has 2 nitrogen and oxygen atoms in total. The van der Waals surface area contributed by atoms with Gasteiger partial charge in [-0.15, -0.1) is 0 Å². The van der Waals surface area contributed by atoms with E-state index in [1.165, 1.54) is 19.3 Å². The highest BCUT2D eigenvalue weighted by molar-refractivity contribution is 5.66. The van der Waals surface area contributed by atoms with Crippen LogP contribution in [0.1, 0.15) is 46.9 Å². The van der Waals surface area contributed by atoms with Crippen LogP contribution >= 0.6 is 0 Å². The Labute approximate surface area is 63.7 Å². The van der Waals surface area contributed by atoms with Gasteiger partial charge in [0, 0.05) is 6.42 Å². The van der Waals surface area contributed by atoms with Crippen LogP contribution < -0.4 is 0 Å². The van der Waals surface area contributed by atoms with Gasteiger partial charge in [-0.25, -0.2) is 0 Å². The lowest BCUT2D eigenvalue weighted by molar-refractivity contribution is -0.137. The van der Waals surface area contributed by atoms with Crippen molar-refractivity contribution < 1.29 is 11.3 Å². The van der Waals surface area contributed by atoms with Crippen LogP contribution in [0.4, 0.5) is 0 Å². The number of unbranched alkanes of at least 4 members (excludes halogenated alkanes) is 4. The van der Waals surface area contributed by atoms with Crippen molar-refractivity contribution in [1.29, 1.82) is 0 Å². The summed E-state index contributed by atoms with van der Waals surface area (Å²) in [5.74, 6) is -0.670. The van der Waals surface area contributed by atoms with Crippen LogP contribution in [0, 0.1) is 0 Å². The van der Waals surface area contributed by atoms with E-state index in [2.05, 4.69) is 6.92 Å². The van der Waals surface area contributed by atoms with Gasteiger partial charge in [0.2, 0.25) is 0 Å². The van der Waals surface area contributed by atoms with E-state index < -0.39 is 5.97 Å². The summed E-state index contributed by atoms with van der Waals surface area (Å²) in [5.41, 5.74) is 0. The van der Waals surface area contributed by atoms with E-state index in [1.54, 1.807) is 0 Å². The van der Waals surface area contributed by atoms with Gasteiger partial charge in [0.1, 0.15) is 0 Å². The first-order valence-electron chi connectivity index (χ1n) is 3.99. The molecular weight excluding hydrogens is 128 g/mol. The molecule has 0 heterocycles. The van der Waals surface area contributed by atoms with Crippen LogP contribution in [0.2, 0.25) is 0 Å². The molecule has 0 amide bonds. The molecule has 10 heavy (non-hydrogen) atoms. The first kappa shape index (κ1) is 9.47. The van der Waals surface area contributed by atoms with Gasteiger partial charge in [-0.2, -0.15) is 0 Å². The van der Waals surface area contributed by atoms with Crippen molar-refractivity contribution in [2.45, 2.75) is 45.4 Å². The molecule has 0 fully saturated rings.